The first kappa shape index (κ1) is 16.4. The van der Waals surface area contributed by atoms with Crippen molar-refractivity contribution in [3.8, 4) is 0 Å². The third-order valence-electron chi connectivity index (χ3n) is 4.83. The number of nitrogens with zero attached hydrogens (tertiary/aromatic N) is 2. The summed E-state index contributed by atoms with van der Waals surface area (Å²) in [6, 6.07) is 13.0. The second-order valence-electron chi connectivity index (χ2n) is 6.34. The molecule has 2 aliphatic rings. The monoisotopic (exact) mass is 374 g/mol. The van der Waals surface area contributed by atoms with Crippen LogP contribution in [-0.4, -0.2) is 24.9 Å². The van der Waals surface area contributed by atoms with Crippen LogP contribution in [0.5, 0.6) is 0 Å². The number of hydrogen-bond donors (Lipinski definition) is 0. The van der Waals surface area contributed by atoms with Crippen LogP contribution in [0.4, 0.5) is 11.4 Å². The molecule has 1 fully saturated rings. The molecule has 0 saturated carbocycles. The Labute approximate surface area is 155 Å². The number of carbonyl (C=O) groups excluding carboxylic acids is 2. The van der Waals surface area contributed by atoms with Crippen molar-refractivity contribution >= 4 is 46.4 Å². The summed E-state index contributed by atoms with van der Waals surface area (Å²) in [6.07, 6.45) is 1.03. The van der Waals surface area contributed by atoms with Crippen LogP contribution in [0.1, 0.15) is 12.0 Å². The molecule has 2 aromatic carbocycles. The standard InChI is InChI=1S/C19H16Cl2N2O2/c20-14-5-3-6-15(21)18(14)23-11-13(10-17(23)24)19(25)22-9-8-12-4-1-2-7-16(12)22/h1-7,13H,8-11H2. The van der Waals surface area contributed by atoms with Gasteiger partial charge in [0.25, 0.3) is 0 Å². The van der Waals surface area contributed by atoms with E-state index in [0.717, 1.165) is 12.1 Å². The Morgan fingerprint density at radius 3 is 2.52 bits per heavy atom. The molecule has 4 nitrogen and oxygen atoms in total. The fraction of sp³-hybridized carbons (Fsp3) is 0.263. The predicted octanol–water partition coefficient (Wildman–Crippen LogP) is 3.94. The van der Waals surface area contributed by atoms with Gasteiger partial charge in [-0.2, -0.15) is 0 Å². The van der Waals surface area contributed by atoms with Crippen LogP contribution in [0.3, 0.4) is 0 Å². The third-order valence-corrected chi connectivity index (χ3v) is 5.44. The molecule has 6 heteroatoms. The van der Waals surface area contributed by atoms with Gasteiger partial charge in [0.15, 0.2) is 0 Å². The lowest BCUT2D eigenvalue weighted by molar-refractivity contribution is -0.124. The molecule has 1 saturated heterocycles. The summed E-state index contributed by atoms with van der Waals surface area (Å²) in [5.74, 6) is -0.518. The van der Waals surface area contributed by atoms with E-state index in [1.807, 2.05) is 24.3 Å². The molecule has 2 aromatic rings. The SMILES string of the molecule is O=C(C1CC(=O)N(c2c(Cl)cccc2Cl)C1)N1CCc2ccccc21. The van der Waals surface area contributed by atoms with Gasteiger partial charge in [-0.15, -0.1) is 0 Å². The minimum atomic E-state index is -0.383. The van der Waals surface area contributed by atoms with Crippen LogP contribution in [0.15, 0.2) is 42.5 Å². The summed E-state index contributed by atoms with van der Waals surface area (Å²) < 4.78 is 0. The van der Waals surface area contributed by atoms with Crippen LogP contribution in [0.2, 0.25) is 10.0 Å². The van der Waals surface area contributed by atoms with E-state index >= 15 is 0 Å². The number of para-hydroxylation sites is 2. The number of anilines is 2. The molecular formula is C19H16Cl2N2O2. The van der Waals surface area contributed by atoms with Crippen molar-refractivity contribution in [2.45, 2.75) is 12.8 Å². The minimum absolute atomic E-state index is 0.0102. The van der Waals surface area contributed by atoms with E-state index in [4.69, 9.17) is 23.2 Å². The number of halogens is 2. The van der Waals surface area contributed by atoms with Crippen molar-refractivity contribution in [3.05, 3.63) is 58.1 Å². The highest BCUT2D eigenvalue weighted by Crippen LogP contribution is 2.38. The number of hydrogen-bond acceptors (Lipinski definition) is 2. The van der Waals surface area contributed by atoms with E-state index < -0.39 is 0 Å². The Bertz CT molecular complexity index is 848. The molecule has 2 amide bonds. The highest BCUT2D eigenvalue weighted by molar-refractivity contribution is 6.40. The predicted molar refractivity (Wildman–Crippen MR) is 99.4 cm³/mol. The molecule has 0 spiro atoms. The highest BCUT2D eigenvalue weighted by atomic mass is 35.5. The average molecular weight is 375 g/mol. The van der Waals surface area contributed by atoms with Gasteiger partial charge in [-0.05, 0) is 30.2 Å². The van der Waals surface area contributed by atoms with Gasteiger partial charge in [-0.1, -0.05) is 47.5 Å². The second kappa shape index (κ2) is 6.36. The molecule has 0 aliphatic carbocycles. The van der Waals surface area contributed by atoms with Crippen LogP contribution in [-0.2, 0) is 16.0 Å². The lowest BCUT2D eigenvalue weighted by Gasteiger charge is -2.22. The van der Waals surface area contributed by atoms with E-state index in [1.165, 1.54) is 10.5 Å². The number of amides is 2. The van der Waals surface area contributed by atoms with Crippen LogP contribution in [0.25, 0.3) is 0 Å². The van der Waals surface area contributed by atoms with E-state index in [9.17, 15) is 9.59 Å². The number of benzene rings is 2. The van der Waals surface area contributed by atoms with Crippen molar-refractivity contribution in [1.82, 2.24) is 0 Å². The minimum Gasteiger partial charge on any atom is -0.312 e. The zero-order valence-electron chi connectivity index (χ0n) is 13.4. The molecule has 1 unspecified atom stereocenters. The molecule has 0 radical (unpaired) electrons. The van der Waals surface area contributed by atoms with Crippen molar-refractivity contribution in [3.63, 3.8) is 0 Å². The molecule has 0 bridgehead atoms. The molecule has 25 heavy (non-hydrogen) atoms. The third kappa shape index (κ3) is 2.79. The number of carbonyl (C=O) groups is 2. The Balaban J connectivity index is 1.58. The molecule has 4 rings (SSSR count). The van der Waals surface area contributed by atoms with Gasteiger partial charge >= 0.3 is 0 Å². The molecule has 0 N–H and O–H groups in total. The normalized spacial score (nSPS) is 19.4. The van der Waals surface area contributed by atoms with E-state index in [1.54, 1.807) is 23.1 Å². The van der Waals surface area contributed by atoms with Gasteiger partial charge in [-0.25, -0.2) is 0 Å². The zero-order valence-corrected chi connectivity index (χ0v) is 14.9. The molecule has 1 atom stereocenters. The number of rotatable bonds is 2. The molecular weight excluding hydrogens is 359 g/mol. The second-order valence-corrected chi connectivity index (χ2v) is 7.16. The summed E-state index contributed by atoms with van der Waals surface area (Å²) in [7, 11) is 0. The summed E-state index contributed by atoms with van der Waals surface area (Å²) in [6.45, 7) is 0.968. The van der Waals surface area contributed by atoms with Crippen molar-refractivity contribution in [1.29, 1.82) is 0 Å². The number of fused-ring (bicyclic) bond motifs is 1. The van der Waals surface area contributed by atoms with Gasteiger partial charge in [0.1, 0.15) is 0 Å². The van der Waals surface area contributed by atoms with E-state index in [-0.39, 0.29) is 24.2 Å². The Kier molecular flexibility index (Phi) is 4.18. The summed E-state index contributed by atoms with van der Waals surface area (Å²) in [5, 5.41) is 0.834. The van der Waals surface area contributed by atoms with E-state index in [0.29, 0.717) is 28.8 Å². The molecule has 0 aromatic heterocycles. The fourth-order valence-electron chi connectivity index (χ4n) is 3.62. The quantitative estimate of drug-likeness (QED) is 0.798. The topological polar surface area (TPSA) is 40.6 Å². The first-order valence-corrected chi connectivity index (χ1v) is 8.95. The highest BCUT2D eigenvalue weighted by Gasteiger charge is 2.40. The van der Waals surface area contributed by atoms with Crippen molar-refractivity contribution < 1.29 is 9.59 Å². The van der Waals surface area contributed by atoms with Gasteiger partial charge in [0, 0.05) is 25.2 Å². The van der Waals surface area contributed by atoms with Crippen molar-refractivity contribution in [2.75, 3.05) is 22.9 Å². The Hall–Kier alpha value is -2.04. The fourth-order valence-corrected chi connectivity index (χ4v) is 4.23. The smallest absolute Gasteiger partial charge is 0.232 e. The van der Waals surface area contributed by atoms with E-state index in [2.05, 4.69) is 0 Å². The Morgan fingerprint density at radius 2 is 1.76 bits per heavy atom. The van der Waals surface area contributed by atoms with Gasteiger partial charge < -0.3 is 9.80 Å². The summed E-state index contributed by atoms with van der Waals surface area (Å²) in [5.41, 5.74) is 2.62. The van der Waals surface area contributed by atoms with Gasteiger partial charge in [0.2, 0.25) is 11.8 Å². The lowest BCUT2D eigenvalue weighted by Crippen LogP contribution is -2.36. The largest absolute Gasteiger partial charge is 0.312 e. The molecule has 128 valence electrons. The molecule has 2 heterocycles. The maximum atomic E-state index is 13.0. The van der Waals surface area contributed by atoms with Crippen molar-refractivity contribution in [2.24, 2.45) is 5.92 Å². The maximum absolute atomic E-state index is 13.0. The van der Waals surface area contributed by atoms with Crippen LogP contribution in [0, 0.1) is 5.92 Å². The average Bonchev–Trinajstić information content (AvgIpc) is 3.18. The van der Waals surface area contributed by atoms with Crippen LogP contribution >= 0.6 is 23.2 Å². The first-order valence-electron chi connectivity index (χ1n) is 8.20. The van der Waals surface area contributed by atoms with Crippen LogP contribution < -0.4 is 9.80 Å². The van der Waals surface area contributed by atoms with Gasteiger partial charge in [-0.3, -0.25) is 9.59 Å². The lowest BCUT2D eigenvalue weighted by atomic mass is 10.1. The van der Waals surface area contributed by atoms with Gasteiger partial charge in [0.05, 0.1) is 21.7 Å². The first-order chi connectivity index (χ1) is 12.1. The molecule has 2 aliphatic heterocycles. The maximum Gasteiger partial charge on any atom is 0.232 e. The Morgan fingerprint density at radius 1 is 1.04 bits per heavy atom. The summed E-state index contributed by atoms with van der Waals surface area (Å²) in [4.78, 5) is 28.8. The summed E-state index contributed by atoms with van der Waals surface area (Å²) >= 11 is 12.4. The zero-order chi connectivity index (χ0) is 17.6.